The van der Waals surface area contributed by atoms with E-state index in [4.69, 9.17) is 22.1 Å². The van der Waals surface area contributed by atoms with Crippen molar-refractivity contribution in [2.24, 2.45) is 5.73 Å². The summed E-state index contributed by atoms with van der Waals surface area (Å²) in [5.74, 6) is 0. The number of anilines is 1. The Labute approximate surface area is 127 Å². The smallest absolute Gasteiger partial charge is 0.0723 e. The van der Waals surface area contributed by atoms with Crippen LogP contribution in [0.3, 0.4) is 0 Å². The van der Waals surface area contributed by atoms with E-state index in [1.807, 2.05) is 19.1 Å². The molecular formula is C16H25ClN2O. The van der Waals surface area contributed by atoms with Crippen molar-refractivity contribution < 1.29 is 4.74 Å². The lowest BCUT2D eigenvalue weighted by Gasteiger charge is -2.41. The molecule has 3 nitrogen and oxygen atoms in total. The van der Waals surface area contributed by atoms with Crippen LogP contribution in [0.5, 0.6) is 0 Å². The largest absolute Gasteiger partial charge is 0.375 e. The fourth-order valence-electron chi connectivity index (χ4n) is 2.85. The fraction of sp³-hybridized carbons (Fsp3) is 0.625. The van der Waals surface area contributed by atoms with Crippen LogP contribution in [-0.4, -0.2) is 31.3 Å². The van der Waals surface area contributed by atoms with Crippen LogP contribution in [0.15, 0.2) is 18.2 Å². The summed E-state index contributed by atoms with van der Waals surface area (Å²) >= 11 is 6.49. The van der Waals surface area contributed by atoms with Gasteiger partial charge in [0.2, 0.25) is 0 Å². The Morgan fingerprint density at radius 2 is 2.25 bits per heavy atom. The summed E-state index contributed by atoms with van der Waals surface area (Å²) in [6.45, 7) is 7.98. The zero-order valence-electron chi connectivity index (χ0n) is 12.6. The highest BCUT2D eigenvalue weighted by atomic mass is 35.5. The van der Waals surface area contributed by atoms with Gasteiger partial charge in [-0.1, -0.05) is 30.7 Å². The molecule has 0 spiro atoms. The maximum absolute atomic E-state index is 6.49. The molecule has 0 aliphatic carbocycles. The first-order valence-corrected chi connectivity index (χ1v) is 7.82. The number of halogens is 1. The molecule has 0 saturated carbocycles. The van der Waals surface area contributed by atoms with E-state index in [9.17, 15) is 0 Å². The first-order chi connectivity index (χ1) is 9.52. The van der Waals surface area contributed by atoms with Gasteiger partial charge in [0.05, 0.1) is 29.5 Å². The van der Waals surface area contributed by atoms with Gasteiger partial charge in [-0.05, 0) is 38.3 Å². The van der Waals surface area contributed by atoms with E-state index in [0.717, 1.165) is 36.7 Å². The lowest BCUT2D eigenvalue weighted by Crippen LogP contribution is -2.49. The van der Waals surface area contributed by atoms with Crippen LogP contribution in [0.2, 0.25) is 5.02 Å². The normalized spacial score (nSPS) is 24.8. The van der Waals surface area contributed by atoms with E-state index in [1.54, 1.807) is 0 Å². The minimum absolute atomic E-state index is 0.130. The molecule has 0 bridgehead atoms. The van der Waals surface area contributed by atoms with Gasteiger partial charge in [-0.2, -0.15) is 0 Å². The molecule has 0 radical (unpaired) electrons. The van der Waals surface area contributed by atoms with Gasteiger partial charge in [-0.15, -0.1) is 0 Å². The number of nitrogens with two attached hydrogens (primary N) is 1. The molecule has 112 valence electrons. The number of hydrogen-bond acceptors (Lipinski definition) is 3. The van der Waals surface area contributed by atoms with Crippen LogP contribution in [-0.2, 0) is 11.2 Å². The number of ether oxygens (including phenoxy) is 1. The third kappa shape index (κ3) is 3.46. The molecule has 3 unspecified atom stereocenters. The number of nitrogens with zero attached hydrogens (tertiary/aromatic N) is 1. The van der Waals surface area contributed by atoms with Gasteiger partial charge in [-0.3, -0.25) is 0 Å². The predicted molar refractivity (Wildman–Crippen MR) is 85.6 cm³/mol. The van der Waals surface area contributed by atoms with Crippen LogP contribution in [0, 0.1) is 0 Å². The van der Waals surface area contributed by atoms with E-state index in [-0.39, 0.29) is 12.1 Å². The third-order valence-electron chi connectivity index (χ3n) is 3.84. The molecule has 0 amide bonds. The van der Waals surface area contributed by atoms with Gasteiger partial charge in [0, 0.05) is 12.6 Å². The molecule has 1 aromatic carbocycles. The van der Waals surface area contributed by atoms with Crippen molar-refractivity contribution in [2.75, 3.05) is 18.1 Å². The highest BCUT2D eigenvalue weighted by Gasteiger charge is 2.28. The van der Waals surface area contributed by atoms with Gasteiger partial charge >= 0.3 is 0 Å². The number of benzene rings is 1. The molecule has 1 aliphatic heterocycles. The van der Waals surface area contributed by atoms with E-state index in [2.05, 4.69) is 24.8 Å². The minimum atomic E-state index is 0.130. The van der Waals surface area contributed by atoms with Crippen molar-refractivity contribution in [1.29, 1.82) is 0 Å². The van der Waals surface area contributed by atoms with Crippen molar-refractivity contribution in [3.05, 3.63) is 28.8 Å². The standard InChI is InChI=1S/C16H25ClN2O/c1-4-14-10-20-12(3)9-19(14)16-13(8-11(2)18)6-5-7-15(16)17/h5-7,11-12,14H,4,8-10,18H2,1-3H3. The fourth-order valence-corrected chi connectivity index (χ4v) is 3.15. The molecule has 2 rings (SSSR count). The number of rotatable bonds is 4. The van der Waals surface area contributed by atoms with Crippen LogP contribution in [0.1, 0.15) is 32.8 Å². The summed E-state index contributed by atoms with van der Waals surface area (Å²) in [5.41, 5.74) is 8.36. The van der Waals surface area contributed by atoms with E-state index in [1.165, 1.54) is 5.56 Å². The molecule has 1 fully saturated rings. The van der Waals surface area contributed by atoms with Crippen LogP contribution >= 0.6 is 11.6 Å². The summed E-state index contributed by atoms with van der Waals surface area (Å²) in [4.78, 5) is 2.41. The first kappa shape index (κ1) is 15.6. The van der Waals surface area contributed by atoms with Crippen LogP contribution < -0.4 is 10.6 Å². The Morgan fingerprint density at radius 3 is 2.90 bits per heavy atom. The number of para-hydroxylation sites is 1. The zero-order valence-corrected chi connectivity index (χ0v) is 13.4. The third-order valence-corrected chi connectivity index (χ3v) is 4.14. The summed E-state index contributed by atoms with van der Waals surface area (Å²) < 4.78 is 5.78. The van der Waals surface area contributed by atoms with Gasteiger partial charge in [0.1, 0.15) is 0 Å². The lowest BCUT2D eigenvalue weighted by atomic mass is 10.0. The van der Waals surface area contributed by atoms with E-state index in [0.29, 0.717) is 6.04 Å². The second-order valence-electron chi connectivity index (χ2n) is 5.79. The molecule has 2 N–H and O–H groups in total. The van der Waals surface area contributed by atoms with Gasteiger partial charge in [0.15, 0.2) is 0 Å². The van der Waals surface area contributed by atoms with Crippen molar-refractivity contribution in [3.63, 3.8) is 0 Å². The molecular weight excluding hydrogens is 272 g/mol. The average Bonchev–Trinajstić information content (AvgIpc) is 2.38. The van der Waals surface area contributed by atoms with Crippen molar-refractivity contribution >= 4 is 17.3 Å². The zero-order chi connectivity index (χ0) is 14.7. The van der Waals surface area contributed by atoms with Gasteiger partial charge < -0.3 is 15.4 Å². The Kier molecular flexibility index (Phi) is 5.30. The van der Waals surface area contributed by atoms with E-state index >= 15 is 0 Å². The average molecular weight is 297 g/mol. The molecule has 1 aliphatic rings. The summed E-state index contributed by atoms with van der Waals surface area (Å²) in [6.07, 6.45) is 2.13. The Balaban J connectivity index is 2.37. The summed E-state index contributed by atoms with van der Waals surface area (Å²) in [6, 6.07) is 6.63. The topological polar surface area (TPSA) is 38.5 Å². The highest BCUT2D eigenvalue weighted by Crippen LogP contribution is 2.34. The first-order valence-electron chi connectivity index (χ1n) is 7.44. The highest BCUT2D eigenvalue weighted by molar-refractivity contribution is 6.33. The Hall–Kier alpha value is -0.770. The van der Waals surface area contributed by atoms with Gasteiger partial charge in [-0.25, -0.2) is 0 Å². The second-order valence-corrected chi connectivity index (χ2v) is 6.19. The monoisotopic (exact) mass is 296 g/mol. The van der Waals surface area contributed by atoms with Crippen molar-refractivity contribution in [3.8, 4) is 0 Å². The second kappa shape index (κ2) is 6.79. The molecule has 1 aromatic rings. The number of hydrogen-bond donors (Lipinski definition) is 1. The molecule has 0 aromatic heterocycles. The molecule has 4 heteroatoms. The van der Waals surface area contributed by atoms with Crippen LogP contribution in [0.25, 0.3) is 0 Å². The molecule has 1 heterocycles. The molecule has 1 saturated heterocycles. The Bertz CT molecular complexity index is 450. The van der Waals surface area contributed by atoms with E-state index < -0.39 is 0 Å². The number of morpholine rings is 1. The maximum atomic E-state index is 6.49. The quantitative estimate of drug-likeness (QED) is 0.927. The predicted octanol–water partition coefficient (Wildman–Crippen LogP) is 3.23. The van der Waals surface area contributed by atoms with Crippen molar-refractivity contribution in [2.45, 2.75) is 51.8 Å². The lowest BCUT2D eigenvalue weighted by molar-refractivity contribution is 0.0299. The van der Waals surface area contributed by atoms with Crippen molar-refractivity contribution in [1.82, 2.24) is 0 Å². The SMILES string of the molecule is CCC1COC(C)CN1c1c(Cl)cccc1CC(C)N. The molecule has 20 heavy (non-hydrogen) atoms. The molecule has 3 atom stereocenters. The van der Waals surface area contributed by atoms with Crippen LogP contribution in [0.4, 0.5) is 5.69 Å². The maximum Gasteiger partial charge on any atom is 0.0723 e. The minimum Gasteiger partial charge on any atom is -0.375 e. The van der Waals surface area contributed by atoms with Gasteiger partial charge in [0.25, 0.3) is 0 Å². The summed E-state index contributed by atoms with van der Waals surface area (Å²) in [7, 11) is 0. The Morgan fingerprint density at radius 1 is 1.50 bits per heavy atom. The summed E-state index contributed by atoms with van der Waals surface area (Å²) in [5, 5.41) is 0.815.